The molecule has 2 unspecified atom stereocenters. The molecule has 21 heavy (non-hydrogen) atoms. The number of hydrogen-bond donors (Lipinski definition) is 1. The average molecular weight is 297 g/mol. The van der Waals surface area contributed by atoms with Crippen molar-refractivity contribution in [3.05, 3.63) is 0 Å². The average Bonchev–Trinajstić information content (AvgIpc) is 2.94. The van der Waals surface area contributed by atoms with E-state index in [1.165, 1.54) is 0 Å². The van der Waals surface area contributed by atoms with Crippen LogP contribution in [0.2, 0.25) is 0 Å². The van der Waals surface area contributed by atoms with E-state index in [4.69, 9.17) is 9.47 Å². The minimum atomic E-state index is -0.625. The van der Waals surface area contributed by atoms with Crippen LogP contribution in [0.25, 0.3) is 0 Å². The van der Waals surface area contributed by atoms with Gasteiger partial charge in [-0.15, -0.1) is 0 Å². The molecule has 3 aliphatic rings. The van der Waals surface area contributed by atoms with E-state index in [-0.39, 0.29) is 5.60 Å². The minimum absolute atomic E-state index is 0.0120. The summed E-state index contributed by atoms with van der Waals surface area (Å²) in [6.45, 7) is 6.00. The third-order valence-corrected chi connectivity index (χ3v) is 5.90. The van der Waals surface area contributed by atoms with Crippen molar-refractivity contribution in [1.29, 1.82) is 0 Å². The fourth-order valence-corrected chi connectivity index (χ4v) is 4.24. The molecule has 3 rings (SSSR count). The van der Waals surface area contributed by atoms with Crippen molar-refractivity contribution in [3.63, 3.8) is 0 Å². The zero-order valence-corrected chi connectivity index (χ0v) is 13.0. The van der Waals surface area contributed by atoms with Gasteiger partial charge in [0.1, 0.15) is 0 Å². The lowest BCUT2D eigenvalue weighted by Crippen LogP contribution is -2.51. The maximum atomic E-state index is 11.6. The molecule has 3 saturated heterocycles. The van der Waals surface area contributed by atoms with Crippen molar-refractivity contribution in [2.24, 2.45) is 5.41 Å². The highest BCUT2D eigenvalue weighted by atomic mass is 16.5. The van der Waals surface area contributed by atoms with Crippen LogP contribution in [0, 0.1) is 5.41 Å². The van der Waals surface area contributed by atoms with Gasteiger partial charge in [0.2, 0.25) is 0 Å². The Morgan fingerprint density at radius 2 is 2.05 bits per heavy atom. The normalized spacial score (nSPS) is 36.9. The first-order valence-corrected chi connectivity index (χ1v) is 8.28. The molecular formula is C16H27NO4. The number of nitrogens with zero attached hydrogens (tertiary/aromatic N) is 1. The van der Waals surface area contributed by atoms with Gasteiger partial charge in [-0.1, -0.05) is 6.92 Å². The van der Waals surface area contributed by atoms with Gasteiger partial charge < -0.3 is 14.6 Å². The molecule has 0 aromatic rings. The standard InChI is InChI=1S/C16H27NO4/c1-2-15(14(18)19)4-7-17(12-15)13-3-8-21-16(11-13)5-9-20-10-6-16/h13H,2-12H2,1H3,(H,18,19). The Labute approximate surface area is 126 Å². The van der Waals surface area contributed by atoms with E-state index in [9.17, 15) is 9.90 Å². The van der Waals surface area contributed by atoms with Crippen LogP contribution >= 0.6 is 0 Å². The Kier molecular flexibility index (Phi) is 4.26. The fourth-order valence-electron chi connectivity index (χ4n) is 4.24. The molecule has 1 N–H and O–H groups in total. The van der Waals surface area contributed by atoms with E-state index in [2.05, 4.69) is 4.90 Å². The number of ether oxygens (including phenoxy) is 2. The molecule has 1 spiro atoms. The number of carbonyl (C=O) groups is 1. The lowest BCUT2D eigenvalue weighted by atomic mass is 9.82. The molecule has 2 atom stereocenters. The van der Waals surface area contributed by atoms with E-state index in [1.807, 2.05) is 6.92 Å². The molecule has 0 bridgehead atoms. The molecule has 0 amide bonds. The summed E-state index contributed by atoms with van der Waals surface area (Å²) >= 11 is 0. The smallest absolute Gasteiger partial charge is 0.310 e. The highest BCUT2D eigenvalue weighted by Crippen LogP contribution is 2.41. The summed E-state index contributed by atoms with van der Waals surface area (Å²) < 4.78 is 11.6. The predicted molar refractivity (Wildman–Crippen MR) is 78.3 cm³/mol. The van der Waals surface area contributed by atoms with Crippen LogP contribution < -0.4 is 0 Å². The number of carboxylic acids is 1. The summed E-state index contributed by atoms with van der Waals surface area (Å²) in [6, 6.07) is 0.477. The summed E-state index contributed by atoms with van der Waals surface area (Å²) in [5, 5.41) is 9.55. The Bertz CT molecular complexity index is 388. The number of rotatable bonds is 3. The van der Waals surface area contributed by atoms with Crippen LogP contribution in [0.15, 0.2) is 0 Å². The van der Waals surface area contributed by atoms with Crippen molar-refractivity contribution in [2.75, 3.05) is 32.9 Å². The molecular weight excluding hydrogens is 270 g/mol. The van der Waals surface area contributed by atoms with Gasteiger partial charge in [-0.05, 0) is 45.1 Å². The number of carboxylic acid groups (broad SMARTS) is 1. The summed E-state index contributed by atoms with van der Waals surface area (Å²) in [5.74, 6) is -0.625. The van der Waals surface area contributed by atoms with Crippen LogP contribution in [-0.4, -0.2) is 60.5 Å². The van der Waals surface area contributed by atoms with Crippen molar-refractivity contribution in [1.82, 2.24) is 4.90 Å². The Morgan fingerprint density at radius 3 is 2.67 bits per heavy atom. The van der Waals surface area contributed by atoms with Gasteiger partial charge in [0.05, 0.1) is 11.0 Å². The molecule has 0 aromatic heterocycles. The first kappa shape index (κ1) is 15.3. The van der Waals surface area contributed by atoms with Gasteiger partial charge >= 0.3 is 5.97 Å². The first-order chi connectivity index (χ1) is 10.1. The van der Waals surface area contributed by atoms with Gasteiger partial charge in [-0.3, -0.25) is 9.69 Å². The zero-order valence-electron chi connectivity index (χ0n) is 13.0. The van der Waals surface area contributed by atoms with E-state index >= 15 is 0 Å². The summed E-state index contributed by atoms with van der Waals surface area (Å²) in [4.78, 5) is 14.0. The molecule has 5 nitrogen and oxygen atoms in total. The van der Waals surface area contributed by atoms with Gasteiger partial charge in [0, 0.05) is 32.4 Å². The zero-order chi connectivity index (χ0) is 14.9. The lowest BCUT2D eigenvalue weighted by molar-refractivity contribution is -0.153. The van der Waals surface area contributed by atoms with Crippen molar-refractivity contribution in [2.45, 2.75) is 57.1 Å². The molecule has 5 heteroatoms. The topological polar surface area (TPSA) is 59.0 Å². The van der Waals surface area contributed by atoms with Gasteiger partial charge in [0.25, 0.3) is 0 Å². The molecule has 0 radical (unpaired) electrons. The second-order valence-corrected chi connectivity index (χ2v) is 6.95. The molecule has 3 aliphatic heterocycles. The number of aliphatic carboxylic acids is 1. The van der Waals surface area contributed by atoms with Crippen LogP contribution in [0.5, 0.6) is 0 Å². The van der Waals surface area contributed by atoms with Crippen molar-refractivity contribution < 1.29 is 19.4 Å². The largest absolute Gasteiger partial charge is 0.481 e. The highest BCUT2D eigenvalue weighted by Gasteiger charge is 2.47. The van der Waals surface area contributed by atoms with Crippen LogP contribution in [0.3, 0.4) is 0 Å². The third-order valence-electron chi connectivity index (χ3n) is 5.90. The summed E-state index contributed by atoms with van der Waals surface area (Å²) in [5.41, 5.74) is -0.539. The van der Waals surface area contributed by atoms with E-state index in [1.54, 1.807) is 0 Å². The van der Waals surface area contributed by atoms with Crippen molar-refractivity contribution in [3.8, 4) is 0 Å². The lowest BCUT2D eigenvalue weighted by Gasteiger charge is -2.45. The van der Waals surface area contributed by atoms with E-state index in [0.717, 1.165) is 64.9 Å². The molecule has 3 heterocycles. The molecule has 120 valence electrons. The first-order valence-electron chi connectivity index (χ1n) is 8.28. The van der Waals surface area contributed by atoms with Gasteiger partial charge in [-0.2, -0.15) is 0 Å². The molecule has 3 fully saturated rings. The number of likely N-dealkylation sites (tertiary alicyclic amines) is 1. The van der Waals surface area contributed by atoms with Gasteiger partial charge in [0.15, 0.2) is 0 Å². The maximum absolute atomic E-state index is 11.6. The summed E-state index contributed by atoms with van der Waals surface area (Å²) in [6.07, 6.45) is 5.54. The van der Waals surface area contributed by atoms with Crippen LogP contribution in [0.4, 0.5) is 0 Å². The second kappa shape index (κ2) is 5.86. The monoisotopic (exact) mass is 297 g/mol. The minimum Gasteiger partial charge on any atom is -0.481 e. The Morgan fingerprint density at radius 1 is 1.29 bits per heavy atom. The number of hydrogen-bond acceptors (Lipinski definition) is 4. The SMILES string of the molecule is CCC1(C(=O)O)CCN(C2CCOC3(CCOCC3)C2)C1. The molecule has 0 aromatic carbocycles. The Balaban J connectivity index is 1.66. The van der Waals surface area contributed by atoms with E-state index < -0.39 is 11.4 Å². The third kappa shape index (κ3) is 2.83. The molecule has 0 saturated carbocycles. The van der Waals surface area contributed by atoms with Gasteiger partial charge in [-0.25, -0.2) is 0 Å². The highest BCUT2D eigenvalue weighted by molar-refractivity contribution is 5.75. The molecule has 0 aliphatic carbocycles. The summed E-state index contributed by atoms with van der Waals surface area (Å²) in [7, 11) is 0. The maximum Gasteiger partial charge on any atom is 0.310 e. The van der Waals surface area contributed by atoms with Crippen molar-refractivity contribution >= 4 is 5.97 Å². The van der Waals surface area contributed by atoms with Crippen LogP contribution in [0.1, 0.15) is 45.4 Å². The predicted octanol–water partition coefficient (Wildman–Crippen LogP) is 1.90. The fraction of sp³-hybridized carbons (Fsp3) is 0.938. The Hall–Kier alpha value is -0.650. The second-order valence-electron chi connectivity index (χ2n) is 6.95. The van der Waals surface area contributed by atoms with Crippen LogP contribution in [-0.2, 0) is 14.3 Å². The van der Waals surface area contributed by atoms with E-state index in [0.29, 0.717) is 12.6 Å². The quantitative estimate of drug-likeness (QED) is 0.862.